The van der Waals surface area contributed by atoms with E-state index >= 15 is 0 Å². The Morgan fingerprint density at radius 3 is 2.60 bits per heavy atom. The third-order valence-electron chi connectivity index (χ3n) is 4.55. The first-order chi connectivity index (χ1) is 11.9. The average molecular weight is 357 g/mol. The zero-order valence-electron chi connectivity index (χ0n) is 14.4. The van der Waals surface area contributed by atoms with Crippen LogP contribution in [-0.4, -0.2) is 18.4 Å². The van der Waals surface area contributed by atoms with Crippen LogP contribution in [0, 0.1) is 19.8 Å². The minimum absolute atomic E-state index is 0.0459. The van der Waals surface area contributed by atoms with E-state index in [9.17, 15) is 9.59 Å². The van der Waals surface area contributed by atoms with Gasteiger partial charge in [-0.1, -0.05) is 47.5 Å². The van der Waals surface area contributed by atoms with Crippen LogP contribution in [0.15, 0.2) is 42.5 Å². The first kappa shape index (κ1) is 17.5. The van der Waals surface area contributed by atoms with Crippen LogP contribution in [0.25, 0.3) is 0 Å². The van der Waals surface area contributed by atoms with Crippen molar-refractivity contribution in [2.75, 3.05) is 11.4 Å². The summed E-state index contributed by atoms with van der Waals surface area (Å²) in [5, 5.41) is 3.55. The molecule has 0 spiro atoms. The molecule has 0 bridgehead atoms. The van der Waals surface area contributed by atoms with Crippen molar-refractivity contribution in [1.29, 1.82) is 0 Å². The predicted molar refractivity (Wildman–Crippen MR) is 99.7 cm³/mol. The number of hydrogen-bond donors (Lipinski definition) is 1. The first-order valence-electron chi connectivity index (χ1n) is 8.34. The third kappa shape index (κ3) is 4.02. The van der Waals surface area contributed by atoms with Crippen molar-refractivity contribution in [3.05, 3.63) is 64.2 Å². The van der Waals surface area contributed by atoms with Crippen molar-refractivity contribution < 1.29 is 9.59 Å². The van der Waals surface area contributed by atoms with E-state index in [1.54, 1.807) is 11.0 Å². The van der Waals surface area contributed by atoms with Crippen molar-refractivity contribution >= 4 is 29.1 Å². The second-order valence-electron chi connectivity index (χ2n) is 6.54. The standard InChI is InChI=1S/C20H21ClN2O2/c1-13-3-6-15(7-4-13)11-22-20(25)16-9-19(24)23(12-16)17-8-5-14(2)18(21)10-17/h3-8,10,16H,9,11-12H2,1-2H3,(H,22,25). The topological polar surface area (TPSA) is 49.4 Å². The monoisotopic (exact) mass is 356 g/mol. The molecule has 5 heteroatoms. The van der Waals surface area contributed by atoms with Crippen LogP contribution in [-0.2, 0) is 16.1 Å². The summed E-state index contributed by atoms with van der Waals surface area (Å²) in [5.74, 6) is -0.469. The van der Waals surface area contributed by atoms with Gasteiger partial charge in [0.1, 0.15) is 0 Å². The highest BCUT2D eigenvalue weighted by molar-refractivity contribution is 6.31. The highest BCUT2D eigenvalue weighted by Gasteiger charge is 2.35. The predicted octanol–water partition coefficient (Wildman–Crippen LogP) is 3.63. The minimum atomic E-state index is -0.335. The van der Waals surface area contributed by atoms with E-state index in [0.29, 0.717) is 18.1 Å². The molecule has 1 heterocycles. The van der Waals surface area contributed by atoms with Gasteiger partial charge in [-0.2, -0.15) is 0 Å². The van der Waals surface area contributed by atoms with Gasteiger partial charge >= 0.3 is 0 Å². The van der Waals surface area contributed by atoms with Crippen molar-refractivity contribution in [2.24, 2.45) is 5.92 Å². The van der Waals surface area contributed by atoms with Gasteiger partial charge in [0, 0.05) is 30.2 Å². The molecule has 2 aromatic carbocycles. The SMILES string of the molecule is Cc1ccc(CNC(=O)C2CC(=O)N(c3ccc(C)c(Cl)c3)C2)cc1. The Hall–Kier alpha value is -2.33. The molecule has 2 amide bonds. The van der Waals surface area contributed by atoms with Gasteiger partial charge in [0.2, 0.25) is 11.8 Å². The number of amides is 2. The molecule has 3 rings (SSSR count). The van der Waals surface area contributed by atoms with Gasteiger partial charge in [0.15, 0.2) is 0 Å². The lowest BCUT2D eigenvalue weighted by Crippen LogP contribution is -2.32. The number of carbonyl (C=O) groups excluding carboxylic acids is 2. The van der Waals surface area contributed by atoms with E-state index in [-0.39, 0.29) is 24.2 Å². The molecule has 0 saturated carbocycles. The number of anilines is 1. The number of aryl methyl sites for hydroxylation is 2. The molecule has 1 atom stereocenters. The van der Waals surface area contributed by atoms with E-state index in [4.69, 9.17) is 11.6 Å². The number of carbonyl (C=O) groups is 2. The van der Waals surface area contributed by atoms with Crippen LogP contribution >= 0.6 is 11.6 Å². The van der Waals surface area contributed by atoms with Crippen molar-refractivity contribution in [1.82, 2.24) is 5.32 Å². The second-order valence-corrected chi connectivity index (χ2v) is 6.95. The molecule has 1 unspecified atom stereocenters. The summed E-state index contributed by atoms with van der Waals surface area (Å²) in [6.45, 7) is 4.80. The lowest BCUT2D eigenvalue weighted by atomic mass is 10.1. The lowest BCUT2D eigenvalue weighted by molar-refractivity contribution is -0.126. The van der Waals surface area contributed by atoms with E-state index in [2.05, 4.69) is 5.32 Å². The summed E-state index contributed by atoms with van der Waals surface area (Å²) in [6.07, 6.45) is 0.227. The highest BCUT2D eigenvalue weighted by atomic mass is 35.5. The number of nitrogens with zero attached hydrogens (tertiary/aromatic N) is 1. The van der Waals surface area contributed by atoms with Crippen LogP contribution in [0.1, 0.15) is 23.1 Å². The van der Waals surface area contributed by atoms with E-state index in [1.165, 1.54) is 5.56 Å². The Kier molecular flexibility index (Phi) is 5.09. The maximum absolute atomic E-state index is 12.4. The van der Waals surface area contributed by atoms with E-state index in [0.717, 1.165) is 16.8 Å². The summed E-state index contributed by atoms with van der Waals surface area (Å²) in [5.41, 5.74) is 3.94. The quantitative estimate of drug-likeness (QED) is 0.909. The number of nitrogens with one attached hydrogen (secondary N) is 1. The van der Waals surface area contributed by atoms with Gasteiger partial charge in [-0.05, 0) is 37.1 Å². The molecule has 130 valence electrons. The number of halogens is 1. The van der Waals surface area contributed by atoms with Gasteiger partial charge in [0.05, 0.1) is 5.92 Å². The summed E-state index contributed by atoms with van der Waals surface area (Å²) in [7, 11) is 0. The Labute approximate surface area is 152 Å². The molecule has 1 saturated heterocycles. The molecule has 0 radical (unpaired) electrons. The van der Waals surface area contributed by atoms with Crippen molar-refractivity contribution in [3.8, 4) is 0 Å². The normalized spacial score (nSPS) is 17.0. The Morgan fingerprint density at radius 2 is 1.92 bits per heavy atom. The fourth-order valence-corrected chi connectivity index (χ4v) is 3.10. The van der Waals surface area contributed by atoms with Gasteiger partial charge < -0.3 is 10.2 Å². The molecule has 0 aliphatic carbocycles. The van der Waals surface area contributed by atoms with Crippen molar-refractivity contribution in [2.45, 2.75) is 26.8 Å². The number of benzene rings is 2. The molecule has 0 aromatic heterocycles. The van der Waals surface area contributed by atoms with Crippen LogP contribution < -0.4 is 10.2 Å². The molecule has 1 aliphatic heterocycles. The first-order valence-corrected chi connectivity index (χ1v) is 8.71. The van der Waals surface area contributed by atoms with E-state index in [1.807, 2.05) is 50.2 Å². The lowest BCUT2D eigenvalue weighted by Gasteiger charge is -2.17. The number of rotatable bonds is 4. The van der Waals surface area contributed by atoms with Gasteiger partial charge in [-0.3, -0.25) is 9.59 Å². The van der Waals surface area contributed by atoms with E-state index < -0.39 is 0 Å². The summed E-state index contributed by atoms with van der Waals surface area (Å²) < 4.78 is 0. The minimum Gasteiger partial charge on any atom is -0.352 e. The van der Waals surface area contributed by atoms with Crippen LogP contribution in [0.2, 0.25) is 5.02 Å². The Bertz CT molecular complexity index is 802. The molecule has 4 nitrogen and oxygen atoms in total. The highest BCUT2D eigenvalue weighted by Crippen LogP contribution is 2.28. The summed E-state index contributed by atoms with van der Waals surface area (Å²) >= 11 is 6.15. The van der Waals surface area contributed by atoms with Gasteiger partial charge in [-0.15, -0.1) is 0 Å². The fraction of sp³-hybridized carbons (Fsp3) is 0.300. The largest absolute Gasteiger partial charge is 0.352 e. The zero-order valence-corrected chi connectivity index (χ0v) is 15.1. The third-order valence-corrected chi connectivity index (χ3v) is 4.96. The number of hydrogen-bond acceptors (Lipinski definition) is 2. The molecule has 1 fully saturated rings. The van der Waals surface area contributed by atoms with Crippen LogP contribution in [0.4, 0.5) is 5.69 Å². The summed E-state index contributed by atoms with van der Waals surface area (Å²) in [6, 6.07) is 13.6. The zero-order chi connectivity index (χ0) is 18.0. The van der Waals surface area contributed by atoms with Crippen molar-refractivity contribution in [3.63, 3.8) is 0 Å². The average Bonchev–Trinajstić information content (AvgIpc) is 2.98. The molecule has 1 N–H and O–H groups in total. The van der Waals surface area contributed by atoms with Crippen LogP contribution in [0.3, 0.4) is 0 Å². The van der Waals surface area contributed by atoms with Gasteiger partial charge in [-0.25, -0.2) is 0 Å². The Balaban J connectivity index is 1.62. The summed E-state index contributed by atoms with van der Waals surface area (Å²) in [4.78, 5) is 26.4. The van der Waals surface area contributed by atoms with Gasteiger partial charge in [0.25, 0.3) is 0 Å². The molecular weight excluding hydrogens is 336 g/mol. The molecule has 25 heavy (non-hydrogen) atoms. The smallest absolute Gasteiger partial charge is 0.227 e. The van der Waals surface area contributed by atoms with Crippen LogP contribution in [0.5, 0.6) is 0 Å². The molecule has 2 aromatic rings. The molecular formula is C20H21ClN2O2. The second kappa shape index (κ2) is 7.28. The maximum Gasteiger partial charge on any atom is 0.227 e. The maximum atomic E-state index is 12.4. The Morgan fingerprint density at radius 1 is 1.20 bits per heavy atom. The molecule has 1 aliphatic rings. The fourth-order valence-electron chi connectivity index (χ4n) is 2.92.